The monoisotopic (exact) mass is 363 g/mol. The molecular formula is C19H29N3O2S. The zero-order valence-electron chi connectivity index (χ0n) is 15.4. The fraction of sp³-hybridized carbons (Fsp3) is 0.579. The molecule has 1 heterocycles. The zero-order chi connectivity index (χ0) is 18.4. The molecule has 138 valence electrons. The lowest BCUT2D eigenvalue weighted by Gasteiger charge is -2.31. The largest absolute Gasteiger partial charge is 0.386 e. The lowest BCUT2D eigenvalue weighted by molar-refractivity contribution is -0.133. The minimum absolute atomic E-state index is 0.123. The van der Waals surface area contributed by atoms with Crippen LogP contribution in [-0.2, 0) is 14.4 Å². The summed E-state index contributed by atoms with van der Waals surface area (Å²) in [6.45, 7) is 8.15. The van der Waals surface area contributed by atoms with Gasteiger partial charge in [-0.3, -0.25) is 10.2 Å². The Morgan fingerprint density at radius 2 is 1.88 bits per heavy atom. The van der Waals surface area contributed by atoms with Gasteiger partial charge in [0.1, 0.15) is 0 Å². The van der Waals surface area contributed by atoms with Crippen LogP contribution in [0.4, 0.5) is 0 Å². The third-order valence-corrected chi connectivity index (χ3v) is 5.40. The highest BCUT2D eigenvalue weighted by Crippen LogP contribution is 2.27. The number of carbonyl (C=O) groups is 1. The van der Waals surface area contributed by atoms with Gasteiger partial charge in [-0.25, -0.2) is 0 Å². The van der Waals surface area contributed by atoms with Crippen LogP contribution in [0.25, 0.3) is 0 Å². The molecule has 0 aliphatic carbocycles. The molecular weight excluding hydrogens is 334 g/mol. The van der Waals surface area contributed by atoms with Gasteiger partial charge in [-0.15, -0.1) is 0 Å². The second-order valence-corrected chi connectivity index (χ2v) is 8.47. The number of nitrogens with two attached hydrogens (primary N) is 1. The summed E-state index contributed by atoms with van der Waals surface area (Å²) in [6, 6.07) is 8.16. The molecule has 1 aromatic carbocycles. The number of rotatable bonds is 5. The van der Waals surface area contributed by atoms with Crippen LogP contribution in [0.3, 0.4) is 0 Å². The van der Waals surface area contributed by atoms with Crippen molar-refractivity contribution in [3.05, 3.63) is 29.8 Å². The van der Waals surface area contributed by atoms with Crippen LogP contribution < -0.4 is 5.73 Å². The van der Waals surface area contributed by atoms with Gasteiger partial charge in [0.15, 0.2) is 5.96 Å². The van der Waals surface area contributed by atoms with E-state index < -0.39 is 0 Å². The maximum atomic E-state index is 12.0. The first-order valence-electron chi connectivity index (χ1n) is 8.82. The van der Waals surface area contributed by atoms with Crippen molar-refractivity contribution in [2.24, 2.45) is 11.7 Å². The molecule has 1 fully saturated rings. The van der Waals surface area contributed by atoms with Crippen LogP contribution in [0.5, 0.6) is 0 Å². The molecule has 0 bridgehead atoms. The van der Waals surface area contributed by atoms with E-state index in [0.29, 0.717) is 12.3 Å². The number of nitrogens with zero attached hydrogens (tertiary/aromatic N) is 1. The standard InChI is InChI=1S/C19H29N3O2S/c1-19(2,3)15-5-7-16(8-6-15)25-24-17(23)9-4-14-10-12-22(13-11-14)18(20)21/h5-8,14H,4,9-13H2,1-3H3,(H3,20,21). The van der Waals surface area contributed by atoms with E-state index in [1.54, 1.807) is 0 Å². The van der Waals surface area contributed by atoms with Crippen LogP contribution in [0.15, 0.2) is 29.2 Å². The summed E-state index contributed by atoms with van der Waals surface area (Å²) in [5.41, 5.74) is 6.88. The second-order valence-electron chi connectivity index (χ2n) is 7.67. The van der Waals surface area contributed by atoms with Gasteiger partial charge < -0.3 is 14.8 Å². The van der Waals surface area contributed by atoms with Gasteiger partial charge in [-0.05, 0) is 48.3 Å². The molecule has 0 radical (unpaired) electrons. The minimum Gasteiger partial charge on any atom is -0.386 e. The molecule has 0 saturated carbocycles. The van der Waals surface area contributed by atoms with Crippen LogP contribution in [0.1, 0.15) is 52.0 Å². The molecule has 5 nitrogen and oxygen atoms in total. The van der Waals surface area contributed by atoms with Crippen molar-refractivity contribution in [3.63, 3.8) is 0 Å². The molecule has 6 heteroatoms. The van der Waals surface area contributed by atoms with Crippen molar-refractivity contribution in [1.82, 2.24) is 4.90 Å². The average Bonchev–Trinajstić information content (AvgIpc) is 2.58. The molecule has 25 heavy (non-hydrogen) atoms. The minimum atomic E-state index is -0.168. The molecule has 2 rings (SSSR count). The van der Waals surface area contributed by atoms with Gasteiger partial charge in [0.05, 0.1) is 12.0 Å². The Morgan fingerprint density at radius 3 is 2.40 bits per heavy atom. The van der Waals surface area contributed by atoms with Crippen molar-refractivity contribution >= 4 is 24.0 Å². The van der Waals surface area contributed by atoms with Crippen LogP contribution >= 0.6 is 12.0 Å². The Morgan fingerprint density at radius 1 is 1.28 bits per heavy atom. The smallest absolute Gasteiger partial charge is 0.318 e. The number of hydrogen-bond donors (Lipinski definition) is 2. The molecule has 0 unspecified atom stereocenters. The number of nitrogens with one attached hydrogen (secondary N) is 1. The molecule has 1 aliphatic heterocycles. The molecule has 3 N–H and O–H groups in total. The third kappa shape index (κ3) is 6.27. The molecule has 0 aromatic heterocycles. The summed E-state index contributed by atoms with van der Waals surface area (Å²) < 4.78 is 5.32. The molecule has 1 aromatic rings. The van der Waals surface area contributed by atoms with Crippen LogP contribution in [0.2, 0.25) is 0 Å². The normalized spacial score (nSPS) is 15.9. The van der Waals surface area contributed by atoms with Crippen molar-refractivity contribution in [1.29, 1.82) is 5.41 Å². The number of guanidine groups is 1. The summed E-state index contributed by atoms with van der Waals surface area (Å²) in [6.07, 6.45) is 3.24. The van der Waals surface area contributed by atoms with E-state index in [9.17, 15) is 4.79 Å². The molecule has 0 spiro atoms. The Bertz CT molecular complexity index is 588. The van der Waals surface area contributed by atoms with E-state index in [4.69, 9.17) is 15.3 Å². The van der Waals surface area contributed by atoms with E-state index in [1.165, 1.54) is 5.56 Å². The Kier molecular flexibility index (Phi) is 6.76. The Hall–Kier alpha value is -1.69. The van der Waals surface area contributed by atoms with E-state index in [0.717, 1.165) is 49.3 Å². The average molecular weight is 364 g/mol. The van der Waals surface area contributed by atoms with Gasteiger partial charge in [0, 0.05) is 24.4 Å². The van der Waals surface area contributed by atoms with Gasteiger partial charge >= 0.3 is 5.97 Å². The number of carbonyl (C=O) groups excluding carboxylic acids is 1. The summed E-state index contributed by atoms with van der Waals surface area (Å²) >= 11 is 1.14. The van der Waals surface area contributed by atoms with Crippen LogP contribution in [0, 0.1) is 11.3 Å². The van der Waals surface area contributed by atoms with Gasteiger partial charge in [0.2, 0.25) is 0 Å². The fourth-order valence-corrected chi connectivity index (χ4v) is 3.45. The maximum absolute atomic E-state index is 12.0. The quantitative estimate of drug-likeness (QED) is 0.471. The summed E-state index contributed by atoms with van der Waals surface area (Å²) in [5.74, 6) is 0.491. The van der Waals surface area contributed by atoms with Crippen LogP contribution in [-0.4, -0.2) is 29.9 Å². The van der Waals surface area contributed by atoms with E-state index in [-0.39, 0.29) is 17.3 Å². The summed E-state index contributed by atoms with van der Waals surface area (Å²) in [4.78, 5) is 14.8. The summed E-state index contributed by atoms with van der Waals surface area (Å²) in [7, 11) is 0. The van der Waals surface area contributed by atoms with Crippen molar-refractivity contribution in [2.75, 3.05) is 13.1 Å². The number of likely N-dealkylation sites (tertiary alicyclic amines) is 1. The maximum Gasteiger partial charge on any atom is 0.318 e. The predicted octanol–water partition coefficient (Wildman–Crippen LogP) is 3.92. The van der Waals surface area contributed by atoms with Crippen molar-refractivity contribution in [2.45, 2.75) is 56.8 Å². The number of benzene rings is 1. The Labute approximate surface area is 155 Å². The fourth-order valence-electron chi connectivity index (χ4n) is 2.93. The Balaban J connectivity index is 1.68. The first-order chi connectivity index (χ1) is 11.8. The van der Waals surface area contributed by atoms with E-state index in [2.05, 4.69) is 32.9 Å². The number of hydrogen-bond acceptors (Lipinski definition) is 4. The lowest BCUT2D eigenvalue weighted by Crippen LogP contribution is -2.42. The number of piperidine rings is 1. The molecule has 0 amide bonds. The topological polar surface area (TPSA) is 79.4 Å². The van der Waals surface area contributed by atoms with Gasteiger partial charge in [0.25, 0.3) is 0 Å². The predicted molar refractivity (Wildman–Crippen MR) is 103 cm³/mol. The molecule has 1 saturated heterocycles. The second kappa shape index (κ2) is 8.61. The molecule has 1 aliphatic rings. The van der Waals surface area contributed by atoms with Gasteiger partial charge in [-0.2, -0.15) is 0 Å². The molecule has 0 atom stereocenters. The SMILES string of the molecule is CC(C)(C)c1ccc(SOC(=O)CCC2CCN(C(=N)N)CC2)cc1. The zero-order valence-corrected chi connectivity index (χ0v) is 16.2. The highest BCUT2D eigenvalue weighted by atomic mass is 32.2. The summed E-state index contributed by atoms with van der Waals surface area (Å²) in [5, 5.41) is 7.44. The van der Waals surface area contributed by atoms with Crippen molar-refractivity contribution < 1.29 is 8.98 Å². The first kappa shape index (κ1) is 19.6. The first-order valence-corrected chi connectivity index (χ1v) is 9.57. The van der Waals surface area contributed by atoms with Gasteiger partial charge in [-0.1, -0.05) is 32.9 Å². The third-order valence-electron chi connectivity index (χ3n) is 4.66. The van der Waals surface area contributed by atoms with E-state index >= 15 is 0 Å². The highest BCUT2D eigenvalue weighted by molar-refractivity contribution is 7.95. The highest BCUT2D eigenvalue weighted by Gasteiger charge is 2.21. The van der Waals surface area contributed by atoms with E-state index in [1.807, 2.05) is 17.0 Å². The van der Waals surface area contributed by atoms with Crippen molar-refractivity contribution in [3.8, 4) is 0 Å². The lowest BCUT2D eigenvalue weighted by atomic mass is 9.87.